The van der Waals surface area contributed by atoms with Gasteiger partial charge in [0.05, 0.1) is 11.8 Å². The van der Waals surface area contributed by atoms with Crippen molar-refractivity contribution in [3.05, 3.63) is 29.6 Å². The molecule has 0 bridgehead atoms. The van der Waals surface area contributed by atoms with Gasteiger partial charge in [0.15, 0.2) is 0 Å². The first-order valence-corrected chi connectivity index (χ1v) is 5.29. The van der Waals surface area contributed by atoms with Crippen LogP contribution in [0.2, 0.25) is 0 Å². The van der Waals surface area contributed by atoms with Gasteiger partial charge in [0.1, 0.15) is 17.4 Å². The predicted molar refractivity (Wildman–Crippen MR) is 60.5 cm³/mol. The Labute approximate surface area is 94.5 Å². The van der Waals surface area contributed by atoms with Gasteiger partial charge in [0.2, 0.25) is 0 Å². The van der Waals surface area contributed by atoms with Crippen LogP contribution in [0.5, 0.6) is 0 Å². The minimum atomic E-state index is -0.544. The fourth-order valence-corrected chi connectivity index (χ4v) is 1.45. The highest BCUT2D eigenvalue weighted by molar-refractivity contribution is 5.57. The second-order valence-electron chi connectivity index (χ2n) is 3.60. The first-order valence-electron chi connectivity index (χ1n) is 5.29. The van der Waals surface area contributed by atoms with Crippen molar-refractivity contribution < 1.29 is 9.50 Å². The average molecular weight is 222 g/mol. The summed E-state index contributed by atoms with van der Waals surface area (Å²) in [5.74, 6) is -0.544. The first kappa shape index (κ1) is 12.5. The van der Waals surface area contributed by atoms with Gasteiger partial charge in [0.25, 0.3) is 0 Å². The van der Waals surface area contributed by atoms with Crippen LogP contribution in [0.4, 0.5) is 10.1 Å². The zero-order valence-corrected chi connectivity index (χ0v) is 9.20. The number of nitriles is 1. The van der Waals surface area contributed by atoms with Gasteiger partial charge in [-0.2, -0.15) is 5.26 Å². The molecule has 2 N–H and O–H groups in total. The summed E-state index contributed by atoms with van der Waals surface area (Å²) in [7, 11) is 0. The van der Waals surface area contributed by atoms with E-state index in [1.807, 2.05) is 6.92 Å². The van der Waals surface area contributed by atoms with Gasteiger partial charge in [0, 0.05) is 6.54 Å². The maximum Gasteiger partial charge on any atom is 0.143 e. The Kier molecular flexibility index (Phi) is 4.74. The molecule has 0 aliphatic carbocycles. The van der Waals surface area contributed by atoms with Crippen molar-refractivity contribution in [3.63, 3.8) is 0 Å². The molecule has 3 nitrogen and oxygen atoms in total. The van der Waals surface area contributed by atoms with E-state index in [1.165, 1.54) is 12.1 Å². The number of benzene rings is 1. The SMILES string of the molecule is CCCC(O)CNc1cccc(F)c1C#N. The highest BCUT2D eigenvalue weighted by Gasteiger charge is 2.08. The largest absolute Gasteiger partial charge is 0.391 e. The summed E-state index contributed by atoms with van der Waals surface area (Å²) in [6, 6.07) is 6.20. The van der Waals surface area contributed by atoms with E-state index in [0.29, 0.717) is 18.7 Å². The molecule has 0 radical (unpaired) electrons. The molecule has 86 valence electrons. The summed E-state index contributed by atoms with van der Waals surface area (Å²) < 4.78 is 13.2. The van der Waals surface area contributed by atoms with Gasteiger partial charge in [-0.25, -0.2) is 4.39 Å². The van der Waals surface area contributed by atoms with E-state index in [-0.39, 0.29) is 5.56 Å². The Morgan fingerprint density at radius 3 is 2.94 bits per heavy atom. The van der Waals surface area contributed by atoms with E-state index < -0.39 is 11.9 Å². The van der Waals surface area contributed by atoms with Crippen LogP contribution < -0.4 is 5.32 Å². The summed E-state index contributed by atoms with van der Waals surface area (Å²) >= 11 is 0. The van der Waals surface area contributed by atoms with Gasteiger partial charge < -0.3 is 10.4 Å². The average Bonchev–Trinajstić information content (AvgIpc) is 2.27. The molecule has 0 aromatic heterocycles. The predicted octanol–water partition coefficient (Wildman–Crippen LogP) is 2.27. The number of anilines is 1. The van der Waals surface area contributed by atoms with Crippen molar-refractivity contribution in [1.82, 2.24) is 0 Å². The van der Waals surface area contributed by atoms with E-state index in [1.54, 1.807) is 12.1 Å². The van der Waals surface area contributed by atoms with Crippen molar-refractivity contribution in [3.8, 4) is 6.07 Å². The van der Waals surface area contributed by atoms with Crippen molar-refractivity contribution in [2.45, 2.75) is 25.9 Å². The Morgan fingerprint density at radius 1 is 1.56 bits per heavy atom. The zero-order valence-electron chi connectivity index (χ0n) is 9.20. The number of rotatable bonds is 5. The zero-order chi connectivity index (χ0) is 12.0. The second kappa shape index (κ2) is 6.09. The van der Waals surface area contributed by atoms with Crippen LogP contribution in [-0.2, 0) is 0 Å². The molecule has 0 heterocycles. The molecule has 16 heavy (non-hydrogen) atoms. The maximum atomic E-state index is 13.2. The molecule has 1 aromatic rings. The van der Waals surface area contributed by atoms with E-state index in [4.69, 9.17) is 5.26 Å². The van der Waals surface area contributed by atoms with Crippen molar-refractivity contribution in [2.24, 2.45) is 0 Å². The van der Waals surface area contributed by atoms with Gasteiger partial charge in [-0.05, 0) is 18.6 Å². The lowest BCUT2D eigenvalue weighted by Gasteiger charge is -2.12. The van der Waals surface area contributed by atoms with Crippen LogP contribution in [0.1, 0.15) is 25.3 Å². The first-order chi connectivity index (χ1) is 7.69. The number of nitrogens with one attached hydrogen (secondary N) is 1. The van der Waals surface area contributed by atoms with Gasteiger partial charge in [-0.1, -0.05) is 19.4 Å². The Hall–Kier alpha value is -1.60. The summed E-state index contributed by atoms with van der Waals surface area (Å²) in [5, 5.41) is 21.2. The minimum absolute atomic E-state index is 0.00815. The third-order valence-corrected chi connectivity index (χ3v) is 2.28. The topological polar surface area (TPSA) is 56.0 Å². The summed E-state index contributed by atoms with van der Waals surface area (Å²) in [6.07, 6.45) is 1.10. The molecule has 1 aromatic carbocycles. The molecule has 1 rings (SSSR count). The number of nitrogens with zero attached hydrogens (tertiary/aromatic N) is 1. The third-order valence-electron chi connectivity index (χ3n) is 2.28. The van der Waals surface area contributed by atoms with E-state index in [0.717, 1.165) is 6.42 Å². The van der Waals surface area contributed by atoms with Crippen LogP contribution in [0.15, 0.2) is 18.2 Å². The molecule has 1 unspecified atom stereocenters. The molecule has 0 amide bonds. The quantitative estimate of drug-likeness (QED) is 0.803. The molecule has 0 saturated heterocycles. The Morgan fingerprint density at radius 2 is 2.31 bits per heavy atom. The standard InChI is InChI=1S/C12H15FN2O/c1-2-4-9(16)8-15-12-6-3-5-11(13)10(12)7-14/h3,5-6,9,15-16H,2,4,8H2,1H3. The van der Waals surface area contributed by atoms with Crippen molar-refractivity contribution in [2.75, 3.05) is 11.9 Å². The van der Waals surface area contributed by atoms with Gasteiger partial charge in [-0.15, -0.1) is 0 Å². The number of halogens is 1. The summed E-state index contributed by atoms with van der Waals surface area (Å²) in [5.41, 5.74) is 0.420. The van der Waals surface area contributed by atoms with E-state index in [9.17, 15) is 9.50 Å². The number of hydrogen-bond donors (Lipinski definition) is 2. The molecule has 0 spiro atoms. The van der Waals surface area contributed by atoms with Crippen molar-refractivity contribution in [1.29, 1.82) is 5.26 Å². The molecule has 0 aliphatic heterocycles. The number of aliphatic hydroxyl groups is 1. The number of aliphatic hydroxyl groups excluding tert-OH is 1. The minimum Gasteiger partial charge on any atom is -0.391 e. The Balaban J connectivity index is 2.67. The maximum absolute atomic E-state index is 13.2. The molecule has 0 fully saturated rings. The van der Waals surface area contributed by atoms with E-state index in [2.05, 4.69) is 5.32 Å². The second-order valence-corrected chi connectivity index (χ2v) is 3.60. The lowest BCUT2D eigenvalue weighted by Crippen LogP contribution is -2.19. The van der Waals surface area contributed by atoms with Crippen molar-refractivity contribution >= 4 is 5.69 Å². The lowest BCUT2D eigenvalue weighted by molar-refractivity contribution is 0.176. The third kappa shape index (κ3) is 3.21. The molecular formula is C12H15FN2O. The summed E-state index contributed by atoms with van der Waals surface area (Å²) in [6.45, 7) is 2.30. The monoisotopic (exact) mass is 222 g/mol. The fraction of sp³-hybridized carbons (Fsp3) is 0.417. The highest BCUT2D eigenvalue weighted by atomic mass is 19.1. The normalized spacial score (nSPS) is 11.9. The van der Waals surface area contributed by atoms with E-state index >= 15 is 0 Å². The van der Waals surface area contributed by atoms with Crippen LogP contribution in [-0.4, -0.2) is 17.8 Å². The van der Waals surface area contributed by atoms with Gasteiger partial charge >= 0.3 is 0 Å². The number of hydrogen-bond acceptors (Lipinski definition) is 3. The molecule has 0 aliphatic rings. The van der Waals surface area contributed by atoms with Crippen LogP contribution in [0.3, 0.4) is 0 Å². The van der Waals surface area contributed by atoms with Gasteiger partial charge in [-0.3, -0.25) is 0 Å². The fourth-order valence-electron chi connectivity index (χ4n) is 1.45. The Bertz CT molecular complexity index is 387. The van der Waals surface area contributed by atoms with Crippen LogP contribution in [0.25, 0.3) is 0 Å². The summed E-state index contributed by atoms with van der Waals surface area (Å²) in [4.78, 5) is 0. The molecule has 0 saturated carbocycles. The van der Waals surface area contributed by atoms with Crippen LogP contribution in [0, 0.1) is 17.1 Å². The molecule has 4 heteroatoms. The smallest absolute Gasteiger partial charge is 0.143 e. The van der Waals surface area contributed by atoms with Crippen LogP contribution >= 0.6 is 0 Å². The molecular weight excluding hydrogens is 207 g/mol. The highest BCUT2D eigenvalue weighted by Crippen LogP contribution is 2.17. The molecule has 1 atom stereocenters. The lowest BCUT2D eigenvalue weighted by atomic mass is 10.1.